The molecule has 2 aliphatic rings. The highest BCUT2D eigenvalue weighted by atomic mass is 16.5. The monoisotopic (exact) mass is 256 g/mol. The molecule has 2 aliphatic carbocycles. The zero-order valence-electron chi connectivity index (χ0n) is 12.1. The molecule has 2 bridgehead atoms. The molecule has 1 aromatic rings. The molecule has 19 heavy (non-hydrogen) atoms. The smallest absolute Gasteiger partial charge is 0.123 e. The van der Waals surface area contributed by atoms with E-state index >= 15 is 0 Å². The van der Waals surface area contributed by atoms with Crippen LogP contribution < -0.4 is 4.74 Å². The van der Waals surface area contributed by atoms with Gasteiger partial charge >= 0.3 is 0 Å². The summed E-state index contributed by atoms with van der Waals surface area (Å²) in [6, 6.07) is 4.41. The largest absolute Gasteiger partial charge is 0.493 e. The molecule has 0 heterocycles. The molecule has 0 amide bonds. The Balaban J connectivity index is 1.71. The first kappa shape index (κ1) is 12.8. The Hall–Kier alpha value is -1.24. The van der Waals surface area contributed by atoms with Crippen LogP contribution in [0.2, 0.25) is 0 Å². The zero-order chi connectivity index (χ0) is 13.2. The van der Waals surface area contributed by atoms with Gasteiger partial charge in [-0.2, -0.15) is 0 Å². The van der Waals surface area contributed by atoms with Crippen LogP contribution in [0.25, 0.3) is 0 Å². The lowest BCUT2D eigenvalue weighted by Crippen LogP contribution is -2.04. The molecule has 2 atom stereocenters. The van der Waals surface area contributed by atoms with E-state index in [0.717, 1.165) is 12.4 Å². The number of ether oxygens (including phenoxy) is 1. The SMILES string of the molecule is CCCCCCOc1ccc(C)c2c1C1C=CC2C1. The predicted octanol–water partition coefficient (Wildman–Crippen LogP) is 5.09. The third kappa shape index (κ3) is 2.31. The first-order chi connectivity index (χ1) is 9.31. The van der Waals surface area contributed by atoms with E-state index in [4.69, 9.17) is 4.74 Å². The van der Waals surface area contributed by atoms with Crippen LogP contribution in [-0.4, -0.2) is 6.61 Å². The minimum Gasteiger partial charge on any atom is -0.493 e. The molecule has 0 spiro atoms. The highest BCUT2D eigenvalue weighted by molar-refractivity contribution is 5.57. The van der Waals surface area contributed by atoms with Crippen molar-refractivity contribution in [1.82, 2.24) is 0 Å². The average molecular weight is 256 g/mol. The Morgan fingerprint density at radius 1 is 1.05 bits per heavy atom. The molecular formula is C18H24O. The van der Waals surface area contributed by atoms with Crippen LogP contribution in [0.1, 0.15) is 67.6 Å². The van der Waals surface area contributed by atoms with Crippen LogP contribution in [0.4, 0.5) is 0 Å². The minimum atomic E-state index is 0.616. The molecule has 0 fully saturated rings. The molecule has 0 N–H and O–H groups in total. The number of unbranched alkanes of at least 4 members (excludes halogenated alkanes) is 3. The molecule has 102 valence electrons. The van der Waals surface area contributed by atoms with Crippen molar-refractivity contribution in [1.29, 1.82) is 0 Å². The first-order valence-corrected chi connectivity index (χ1v) is 7.75. The van der Waals surface area contributed by atoms with Gasteiger partial charge in [-0.25, -0.2) is 0 Å². The van der Waals surface area contributed by atoms with Crippen molar-refractivity contribution in [2.75, 3.05) is 6.61 Å². The number of fused-ring (bicyclic) bond motifs is 5. The van der Waals surface area contributed by atoms with Crippen LogP contribution in [0.3, 0.4) is 0 Å². The molecule has 1 heteroatoms. The van der Waals surface area contributed by atoms with Gasteiger partial charge in [0.15, 0.2) is 0 Å². The second-order valence-electron chi connectivity index (χ2n) is 5.95. The third-order valence-corrected chi connectivity index (χ3v) is 4.55. The first-order valence-electron chi connectivity index (χ1n) is 7.75. The number of aryl methyl sites for hydroxylation is 1. The molecule has 0 radical (unpaired) electrons. The van der Waals surface area contributed by atoms with Gasteiger partial charge in [-0.05, 0) is 37.0 Å². The van der Waals surface area contributed by atoms with Crippen molar-refractivity contribution in [3.63, 3.8) is 0 Å². The number of allylic oxidation sites excluding steroid dienone is 2. The fraction of sp³-hybridized carbons (Fsp3) is 0.556. The van der Waals surface area contributed by atoms with Gasteiger partial charge in [-0.15, -0.1) is 0 Å². The van der Waals surface area contributed by atoms with Gasteiger partial charge in [0.25, 0.3) is 0 Å². The number of hydrogen-bond donors (Lipinski definition) is 0. The molecule has 1 aromatic carbocycles. The highest BCUT2D eigenvalue weighted by Gasteiger charge is 2.36. The van der Waals surface area contributed by atoms with E-state index in [1.54, 1.807) is 5.56 Å². The molecule has 0 aliphatic heterocycles. The maximum atomic E-state index is 6.07. The summed E-state index contributed by atoms with van der Waals surface area (Å²) in [6.45, 7) is 5.35. The highest BCUT2D eigenvalue weighted by Crippen LogP contribution is 2.52. The summed E-state index contributed by atoms with van der Waals surface area (Å²) in [6.07, 6.45) is 11.1. The molecule has 3 rings (SSSR count). The quantitative estimate of drug-likeness (QED) is 0.508. The van der Waals surface area contributed by atoms with E-state index < -0.39 is 0 Å². The molecule has 0 saturated carbocycles. The normalized spacial score (nSPS) is 22.8. The molecular weight excluding hydrogens is 232 g/mol. The van der Waals surface area contributed by atoms with Crippen LogP contribution in [-0.2, 0) is 0 Å². The van der Waals surface area contributed by atoms with Crippen molar-refractivity contribution >= 4 is 0 Å². The number of rotatable bonds is 6. The Morgan fingerprint density at radius 3 is 2.63 bits per heavy atom. The Kier molecular flexibility index (Phi) is 3.63. The molecule has 0 aromatic heterocycles. The summed E-state index contributed by atoms with van der Waals surface area (Å²) >= 11 is 0. The topological polar surface area (TPSA) is 9.23 Å². The van der Waals surface area contributed by atoms with Gasteiger partial charge in [-0.1, -0.05) is 44.4 Å². The van der Waals surface area contributed by atoms with Gasteiger partial charge < -0.3 is 4.74 Å². The van der Waals surface area contributed by atoms with E-state index in [9.17, 15) is 0 Å². The Labute approximate surface area is 116 Å². The van der Waals surface area contributed by atoms with E-state index in [-0.39, 0.29) is 0 Å². The molecule has 1 nitrogen and oxygen atoms in total. The van der Waals surface area contributed by atoms with E-state index in [2.05, 4.69) is 38.1 Å². The maximum Gasteiger partial charge on any atom is 0.123 e. The summed E-state index contributed by atoms with van der Waals surface area (Å²) in [5.74, 6) is 2.42. The van der Waals surface area contributed by atoms with Crippen LogP contribution in [0, 0.1) is 6.92 Å². The Morgan fingerprint density at radius 2 is 1.84 bits per heavy atom. The molecule has 0 saturated heterocycles. The lowest BCUT2D eigenvalue weighted by atomic mass is 9.92. The summed E-state index contributed by atoms with van der Waals surface area (Å²) in [5, 5.41) is 0. The summed E-state index contributed by atoms with van der Waals surface area (Å²) in [7, 11) is 0. The van der Waals surface area contributed by atoms with Crippen LogP contribution in [0.15, 0.2) is 24.3 Å². The van der Waals surface area contributed by atoms with Gasteiger partial charge in [0, 0.05) is 17.4 Å². The van der Waals surface area contributed by atoms with Gasteiger partial charge in [0.1, 0.15) is 5.75 Å². The van der Waals surface area contributed by atoms with E-state index in [1.165, 1.54) is 43.2 Å². The summed E-state index contributed by atoms with van der Waals surface area (Å²) in [5.41, 5.74) is 4.48. The summed E-state index contributed by atoms with van der Waals surface area (Å²) < 4.78 is 6.07. The second kappa shape index (κ2) is 5.40. The third-order valence-electron chi connectivity index (χ3n) is 4.55. The standard InChI is InChI=1S/C18H24O/c1-3-4-5-6-11-19-16-10-7-13(2)17-14-8-9-15(12-14)18(16)17/h7-10,14-15H,3-6,11-12H2,1-2H3. The van der Waals surface area contributed by atoms with Crippen LogP contribution >= 0.6 is 0 Å². The van der Waals surface area contributed by atoms with Crippen LogP contribution in [0.5, 0.6) is 5.75 Å². The fourth-order valence-corrected chi connectivity index (χ4v) is 3.56. The second-order valence-corrected chi connectivity index (χ2v) is 5.95. The average Bonchev–Trinajstić information content (AvgIpc) is 3.02. The minimum absolute atomic E-state index is 0.616. The maximum absolute atomic E-state index is 6.07. The lowest BCUT2D eigenvalue weighted by Gasteiger charge is -2.18. The Bertz CT molecular complexity index is 487. The van der Waals surface area contributed by atoms with Gasteiger partial charge in [0.05, 0.1) is 6.61 Å². The number of hydrogen-bond acceptors (Lipinski definition) is 1. The lowest BCUT2D eigenvalue weighted by molar-refractivity contribution is 0.301. The van der Waals surface area contributed by atoms with Crippen molar-refractivity contribution in [2.24, 2.45) is 0 Å². The zero-order valence-corrected chi connectivity index (χ0v) is 12.1. The van der Waals surface area contributed by atoms with E-state index in [1.807, 2.05) is 0 Å². The van der Waals surface area contributed by atoms with Gasteiger partial charge in [-0.3, -0.25) is 0 Å². The van der Waals surface area contributed by atoms with Gasteiger partial charge in [0.2, 0.25) is 0 Å². The fourth-order valence-electron chi connectivity index (χ4n) is 3.56. The van der Waals surface area contributed by atoms with Crippen molar-refractivity contribution in [2.45, 2.75) is 57.8 Å². The van der Waals surface area contributed by atoms with Crippen molar-refractivity contribution < 1.29 is 4.74 Å². The number of benzene rings is 1. The van der Waals surface area contributed by atoms with E-state index in [0.29, 0.717) is 11.8 Å². The molecule has 2 unspecified atom stereocenters. The van der Waals surface area contributed by atoms with Crippen molar-refractivity contribution in [3.8, 4) is 5.75 Å². The predicted molar refractivity (Wildman–Crippen MR) is 80.1 cm³/mol. The summed E-state index contributed by atoms with van der Waals surface area (Å²) in [4.78, 5) is 0. The van der Waals surface area contributed by atoms with Crippen molar-refractivity contribution in [3.05, 3.63) is 41.0 Å².